The van der Waals surface area contributed by atoms with Gasteiger partial charge in [-0.25, -0.2) is 0 Å². The highest BCUT2D eigenvalue weighted by Crippen LogP contribution is 2.12. The van der Waals surface area contributed by atoms with Crippen LogP contribution in [0.2, 0.25) is 0 Å². The number of piperidine rings is 1. The van der Waals surface area contributed by atoms with Gasteiger partial charge in [0.25, 0.3) is 0 Å². The number of hydrogen-bond acceptors (Lipinski definition) is 2. The molecule has 0 amide bonds. The number of rotatable bonds is 1. The molecule has 1 fully saturated rings. The molecule has 0 radical (unpaired) electrons. The molecule has 0 aromatic carbocycles. The van der Waals surface area contributed by atoms with Crippen molar-refractivity contribution in [2.45, 2.75) is 25.9 Å². The smallest absolute Gasteiger partial charge is 0.0715 e. The van der Waals surface area contributed by atoms with Crippen molar-refractivity contribution in [2.75, 3.05) is 13.1 Å². The van der Waals surface area contributed by atoms with Crippen molar-refractivity contribution in [3.63, 3.8) is 0 Å². The van der Waals surface area contributed by atoms with E-state index in [1.165, 1.54) is 0 Å². The number of hydrogen-bond donors (Lipinski definition) is 1. The third kappa shape index (κ3) is 1.74. The molecular weight excluding hydrogens is 126 g/mol. The van der Waals surface area contributed by atoms with Gasteiger partial charge in [-0.3, -0.25) is 0 Å². The summed E-state index contributed by atoms with van der Waals surface area (Å²) in [6.07, 6.45) is 1.91. The molecule has 0 saturated carbocycles. The Bertz CT molecular complexity index is 133. The van der Waals surface area contributed by atoms with Crippen molar-refractivity contribution in [1.29, 1.82) is 0 Å². The highest BCUT2D eigenvalue weighted by Gasteiger charge is 2.16. The summed E-state index contributed by atoms with van der Waals surface area (Å²) in [6.45, 7) is 7.65. The van der Waals surface area contributed by atoms with E-state index in [1.54, 1.807) is 0 Å². The maximum Gasteiger partial charge on any atom is 0.0715 e. The molecule has 0 aromatic rings. The summed E-state index contributed by atoms with van der Waals surface area (Å²) in [6, 6.07) is 0. The van der Waals surface area contributed by atoms with E-state index in [1.807, 2.05) is 6.92 Å². The summed E-state index contributed by atoms with van der Waals surface area (Å²) in [4.78, 5) is 2.13. The lowest BCUT2D eigenvalue weighted by atomic mass is 10.1. The van der Waals surface area contributed by atoms with Crippen molar-refractivity contribution in [2.24, 2.45) is 0 Å². The first kappa shape index (κ1) is 7.61. The minimum Gasteiger partial charge on any atom is -0.391 e. The van der Waals surface area contributed by atoms with Gasteiger partial charge in [0.2, 0.25) is 0 Å². The highest BCUT2D eigenvalue weighted by atomic mass is 16.3. The maximum absolute atomic E-state index is 9.25. The molecule has 1 aliphatic rings. The first-order valence-electron chi connectivity index (χ1n) is 3.78. The van der Waals surface area contributed by atoms with E-state index in [2.05, 4.69) is 11.5 Å². The van der Waals surface area contributed by atoms with Crippen LogP contribution in [-0.2, 0) is 0 Å². The lowest BCUT2D eigenvalue weighted by molar-refractivity contribution is 0.0883. The summed E-state index contributed by atoms with van der Waals surface area (Å²) in [7, 11) is 0. The van der Waals surface area contributed by atoms with Crippen LogP contribution in [0, 0.1) is 0 Å². The van der Waals surface area contributed by atoms with Gasteiger partial charge in [-0.1, -0.05) is 6.58 Å². The maximum atomic E-state index is 9.25. The molecule has 2 heteroatoms. The van der Waals surface area contributed by atoms with Crippen molar-refractivity contribution in [3.8, 4) is 0 Å². The number of β-amino-alcohol motifs (C(OH)–C–C–N with tert-alkyl or cyclic N) is 1. The van der Waals surface area contributed by atoms with Crippen LogP contribution in [0.4, 0.5) is 0 Å². The molecule has 1 N–H and O–H groups in total. The van der Waals surface area contributed by atoms with Gasteiger partial charge in [0.1, 0.15) is 0 Å². The fourth-order valence-electron chi connectivity index (χ4n) is 1.30. The second-order valence-corrected chi connectivity index (χ2v) is 2.98. The van der Waals surface area contributed by atoms with Gasteiger partial charge in [-0.05, 0) is 19.8 Å². The molecule has 1 rings (SSSR count). The Balaban J connectivity index is 2.39. The molecule has 0 spiro atoms. The van der Waals surface area contributed by atoms with Gasteiger partial charge in [-0.2, -0.15) is 0 Å². The lowest BCUT2D eigenvalue weighted by Gasteiger charge is -2.31. The minimum absolute atomic E-state index is 0.134. The van der Waals surface area contributed by atoms with Crippen LogP contribution in [0.25, 0.3) is 0 Å². The first-order chi connectivity index (χ1) is 4.70. The van der Waals surface area contributed by atoms with E-state index in [0.29, 0.717) is 0 Å². The first-order valence-corrected chi connectivity index (χ1v) is 3.78. The molecule has 2 nitrogen and oxygen atoms in total. The average molecular weight is 141 g/mol. The zero-order chi connectivity index (χ0) is 7.56. The van der Waals surface area contributed by atoms with Crippen LogP contribution in [0.5, 0.6) is 0 Å². The van der Waals surface area contributed by atoms with E-state index in [0.717, 1.165) is 31.6 Å². The Morgan fingerprint density at radius 1 is 1.70 bits per heavy atom. The molecule has 1 saturated heterocycles. The molecule has 58 valence electrons. The van der Waals surface area contributed by atoms with Gasteiger partial charge in [0.15, 0.2) is 0 Å². The third-order valence-electron chi connectivity index (χ3n) is 1.94. The van der Waals surface area contributed by atoms with Gasteiger partial charge in [0, 0.05) is 18.8 Å². The predicted molar refractivity (Wildman–Crippen MR) is 41.6 cm³/mol. The largest absolute Gasteiger partial charge is 0.391 e. The summed E-state index contributed by atoms with van der Waals surface area (Å²) < 4.78 is 0. The fourth-order valence-corrected chi connectivity index (χ4v) is 1.30. The molecule has 1 atom stereocenters. The molecule has 1 unspecified atom stereocenters. The number of aliphatic hydroxyl groups excluding tert-OH is 1. The SMILES string of the molecule is C=C(C)N1CCCC(O)C1. The Morgan fingerprint density at radius 3 is 2.80 bits per heavy atom. The topological polar surface area (TPSA) is 23.5 Å². The zero-order valence-corrected chi connectivity index (χ0v) is 6.51. The fraction of sp³-hybridized carbons (Fsp3) is 0.750. The molecule has 1 aliphatic heterocycles. The number of nitrogens with zero attached hydrogens (tertiary/aromatic N) is 1. The van der Waals surface area contributed by atoms with Crippen molar-refractivity contribution >= 4 is 0 Å². The Morgan fingerprint density at radius 2 is 2.40 bits per heavy atom. The van der Waals surface area contributed by atoms with E-state index in [9.17, 15) is 5.11 Å². The summed E-state index contributed by atoms with van der Waals surface area (Å²) in [5.74, 6) is 0. The van der Waals surface area contributed by atoms with Crippen molar-refractivity contribution in [1.82, 2.24) is 4.90 Å². The summed E-state index contributed by atoms with van der Waals surface area (Å²) in [5.41, 5.74) is 1.07. The molecule has 0 aliphatic carbocycles. The molecular formula is C8H15NO. The van der Waals surface area contributed by atoms with Crippen molar-refractivity contribution < 1.29 is 5.11 Å². The Kier molecular flexibility index (Phi) is 2.33. The zero-order valence-electron chi connectivity index (χ0n) is 6.51. The molecule has 10 heavy (non-hydrogen) atoms. The van der Waals surface area contributed by atoms with Gasteiger partial charge >= 0.3 is 0 Å². The van der Waals surface area contributed by atoms with E-state index in [4.69, 9.17) is 0 Å². The summed E-state index contributed by atoms with van der Waals surface area (Å²) in [5, 5.41) is 9.25. The quantitative estimate of drug-likeness (QED) is 0.588. The summed E-state index contributed by atoms with van der Waals surface area (Å²) >= 11 is 0. The van der Waals surface area contributed by atoms with Crippen LogP contribution in [0.1, 0.15) is 19.8 Å². The number of aliphatic hydroxyl groups is 1. The van der Waals surface area contributed by atoms with Crippen LogP contribution < -0.4 is 0 Å². The van der Waals surface area contributed by atoms with Gasteiger partial charge in [0.05, 0.1) is 6.10 Å². The minimum atomic E-state index is -0.134. The monoisotopic (exact) mass is 141 g/mol. The number of likely N-dealkylation sites (tertiary alicyclic amines) is 1. The lowest BCUT2D eigenvalue weighted by Crippen LogP contribution is -2.36. The van der Waals surface area contributed by atoms with Gasteiger partial charge in [-0.15, -0.1) is 0 Å². The van der Waals surface area contributed by atoms with Crippen molar-refractivity contribution in [3.05, 3.63) is 12.3 Å². The molecule has 0 aromatic heterocycles. The number of allylic oxidation sites excluding steroid dienone is 1. The molecule has 0 bridgehead atoms. The Hall–Kier alpha value is -0.500. The second kappa shape index (κ2) is 3.06. The standard InChI is InChI=1S/C8H15NO/c1-7(2)9-5-3-4-8(10)6-9/h8,10H,1,3-6H2,2H3. The Labute approximate surface area is 62.2 Å². The van der Waals surface area contributed by atoms with Gasteiger partial charge < -0.3 is 10.0 Å². The normalized spacial score (nSPS) is 26.6. The van der Waals surface area contributed by atoms with E-state index >= 15 is 0 Å². The van der Waals surface area contributed by atoms with Crippen LogP contribution >= 0.6 is 0 Å². The highest BCUT2D eigenvalue weighted by molar-refractivity contribution is 4.91. The average Bonchev–Trinajstić information content (AvgIpc) is 1.88. The van der Waals surface area contributed by atoms with Crippen LogP contribution in [0.15, 0.2) is 12.3 Å². The predicted octanol–water partition coefficient (Wildman–Crippen LogP) is 0.977. The third-order valence-corrected chi connectivity index (χ3v) is 1.94. The molecule has 1 heterocycles. The van der Waals surface area contributed by atoms with E-state index in [-0.39, 0.29) is 6.10 Å². The van der Waals surface area contributed by atoms with Crippen LogP contribution in [0.3, 0.4) is 0 Å². The second-order valence-electron chi connectivity index (χ2n) is 2.98. The van der Waals surface area contributed by atoms with Crippen LogP contribution in [-0.4, -0.2) is 29.2 Å². The van der Waals surface area contributed by atoms with E-state index < -0.39 is 0 Å².